The fraction of sp³-hybridized carbons (Fsp3) is 0.211. The van der Waals surface area contributed by atoms with Crippen molar-refractivity contribution < 1.29 is 0 Å². The van der Waals surface area contributed by atoms with Gasteiger partial charge in [-0.3, -0.25) is 4.98 Å². The van der Waals surface area contributed by atoms with Crippen molar-refractivity contribution in [1.29, 1.82) is 0 Å². The smallest absolute Gasteiger partial charge is 0.0804 e. The number of hydrogen-bond donors (Lipinski definition) is 1. The molecule has 0 aliphatic rings. The first-order valence-corrected chi connectivity index (χ1v) is 7.38. The highest BCUT2D eigenvalue weighted by Gasteiger charge is 2.10. The molecule has 0 unspecified atom stereocenters. The third-order valence-electron chi connectivity index (χ3n) is 3.63. The minimum atomic E-state index is 0.568. The van der Waals surface area contributed by atoms with Crippen molar-refractivity contribution in [2.75, 3.05) is 5.73 Å². The van der Waals surface area contributed by atoms with Gasteiger partial charge in [-0.15, -0.1) is 0 Å². The minimum Gasteiger partial charge on any atom is -0.398 e. The van der Waals surface area contributed by atoms with Gasteiger partial charge in [0.25, 0.3) is 0 Å². The van der Waals surface area contributed by atoms with E-state index in [1.807, 2.05) is 24.3 Å². The summed E-state index contributed by atoms with van der Waals surface area (Å²) in [5, 5.41) is 1.03. The van der Waals surface area contributed by atoms with Crippen molar-refractivity contribution in [3.05, 3.63) is 60.3 Å². The zero-order valence-corrected chi connectivity index (χ0v) is 12.5. The number of aromatic nitrogens is 1. The quantitative estimate of drug-likeness (QED) is 0.754. The van der Waals surface area contributed by atoms with E-state index in [2.05, 4.69) is 44.2 Å². The third kappa shape index (κ3) is 2.75. The summed E-state index contributed by atoms with van der Waals surface area (Å²) < 4.78 is 0. The average Bonchev–Trinajstić information content (AvgIpc) is 2.47. The molecular formula is C19H20N2. The Morgan fingerprint density at radius 2 is 1.76 bits per heavy atom. The lowest BCUT2D eigenvalue weighted by atomic mass is 9.99. The molecule has 2 N–H and O–H groups in total. The van der Waals surface area contributed by atoms with Crippen LogP contribution in [0, 0.1) is 5.92 Å². The first-order chi connectivity index (χ1) is 10.1. The molecule has 0 atom stereocenters. The predicted molar refractivity (Wildman–Crippen MR) is 90.1 cm³/mol. The molecule has 1 aromatic heterocycles. The van der Waals surface area contributed by atoms with Gasteiger partial charge in [0.2, 0.25) is 0 Å². The van der Waals surface area contributed by atoms with Gasteiger partial charge in [0, 0.05) is 22.3 Å². The number of nitrogens with zero attached hydrogens (tertiary/aromatic N) is 1. The Labute approximate surface area is 125 Å². The molecule has 0 amide bonds. The van der Waals surface area contributed by atoms with Crippen molar-refractivity contribution in [3.8, 4) is 11.1 Å². The van der Waals surface area contributed by atoms with E-state index in [1.54, 1.807) is 0 Å². The van der Waals surface area contributed by atoms with E-state index >= 15 is 0 Å². The zero-order chi connectivity index (χ0) is 14.8. The number of para-hydroxylation sites is 1. The van der Waals surface area contributed by atoms with E-state index in [-0.39, 0.29) is 0 Å². The molecule has 0 bridgehead atoms. The second kappa shape index (κ2) is 5.57. The van der Waals surface area contributed by atoms with E-state index in [4.69, 9.17) is 10.7 Å². The summed E-state index contributed by atoms with van der Waals surface area (Å²) in [6.45, 7) is 4.40. The molecule has 0 spiro atoms. The first-order valence-electron chi connectivity index (χ1n) is 7.38. The van der Waals surface area contributed by atoms with Crippen LogP contribution in [0.25, 0.3) is 22.0 Å². The summed E-state index contributed by atoms with van der Waals surface area (Å²) in [4.78, 5) is 4.87. The fourth-order valence-corrected chi connectivity index (χ4v) is 2.70. The number of benzene rings is 2. The van der Waals surface area contributed by atoms with Gasteiger partial charge >= 0.3 is 0 Å². The number of hydrogen-bond acceptors (Lipinski definition) is 2. The second-order valence-corrected chi connectivity index (χ2v) is 5.87. The summed E-state index contributed by atoms with van der Waals surface area (Å²) in [6, 6.07) is 18.6. The number of rotatable bonds is 3. The molecule has 21 heavy (non-hydrogen) atoms. The maximum Gasteiger partial charge on any atom is 0.0804 e. The molecule has 2 heteroatoms. The highest BCUT2D eigenvalue weighted by atomic mass is 14.7. The predicted octanol–water partition coefficient (Wildman–Crippen LogP) is 4.68. The highest BCUT2D eigenvalue weighted by Crippen LogP contribution is 2.30. The normalized spacial score (nSPS) is 11.2. The molecule has 0 saturated carbocycles. The van der Waals surface area contributed by atoms with Gasteiger partial charge in [-0.1, -0.05) is 62.4 Å². The van der Waals surface area contributed by atoms with E-state index < -0.39 is 0 Å². The molecule has 3 aromatic rings. The van der Waals surface area contributed by atoms with Crippen molar-refractivity contribution in [3.63, 3.8) is 0 Å². The van der Waals surface area contributed by atoms with E-state index in [9.17, 15) is 0 Å². The van der Waals surface area contributed by atoms with E-state index in [0.717, 1.165) is 34.3 Å². The molecule has 106 valence electrons. The van der Waals surface area contributed by atoms with Crippen LogP contribution in [0.15, 0.2) is 54.6 Å². The Morgan fingerprint density at radius 1 is 1.00 bits per heavy atom. The average molecular weight is 276 g/mol. The number of nitrogens with two attached hydrogens (primary N) is 1. The van der Waals surface area contributed by atoms with Crippen LogP contribution in [0.4, 0.5) is 5.69 Å². The molecule has 2 aromatic carbocycles. The van der Waals surface area contributed by atoms with Crippen LogP contribution in [0.1, 0.15) is 19.5 Å². The molecule has 0 radical (unpaired) electrons. The lowest BCUT2D eigenvalue weighted by molar-refractivity contribution is 0.637. The van der Waals surface area contributed by atoms with Gasteiger partial charge in [-0.2, -0.15) is 0 Å². The summed E-state index contributed by atoms with van der Waals surface area (Å²) in [5.41, 5.74) is 11.4. The molecule has 0 saturated heterocycles. The first kappa shape index (κ1) is 13.6. The summed E-state index contributed by atoms with van der Waals surface area (Å²) >= 11 is 0. The maximum atomic E-state index is 6.24. The topological polar surface area (TPSA) is 38.9 Å². The summed E-state index contributed by atoms with van der Waals surface area (Å²) in [6.07, 6.45) is 0.948. The van der Waals surface area contributed by atoms with Crippen LogP contribution in [-0.4, -0.2) is 4.98 Å². The Bertz CT molecular complexity index is 761. The molecule has 0 fully saturated rings. The molecule has 2 nitrogen and oxygen atoms in total. The van der Waals surface area contributed by atoms with Crippen LogP contribution in [0.5, 0.6) is 0 Å². The summed E-state index contributed by atoms with van der Waals surface area (Å²) in [5.74, 6) is 0.568. The lowest BCUT2D eigenvalue weighted by Gasteiger charge is -2.11. The highest BCUT2D eigenvalue weighted by molar-refractivity contribution is 5.99. The fourth-order valence-electron chi connectivity index (χ4n) is 2.70. The van der Waals surface area contributed by atoms with Crippen LogP contribution in [0.3, 0.4) is 0 Å². The molecular weight excluding hydrogens is 256 g/mol. The standard InChI is InChI=1S/C19H20N2/c1-13(2)11-15-12-18(20)17-10-6-9-16(19(17)21-15)14-7-4-3-5-8-14/h3-10,12-13H,11H2,1-2H3,(H2,20,21). The van der Waals surface area contributed by atoms with Crippen molar-refractivity contribution >= 4 is 16.6 Å². The minimum absolute atomic E-state index is 0.568. The number of anilines is 1. The zero-order valence-electron chi connectivity index (χ0n) is 12.5. The molecule has 0 aliphatic carbocycles. The lowest BCUT2D eigenvalue weighted by Crippen LogP contribution is -2.01. The van der Waals surface area contributed by atoms with E-state index in [1.165, 1.54) is 5.56 Å². The largest absolute Gasteiger partial charge is 0.398 e. The van der Waals surface area contributed by atoms with Crippen molar-refractivity contribution in [2.45, 2.75) is 20.3 Å². The Kier molecular flexibility index (Phi) is 3.61. The van der Waals surface area contributed by atoms with Gasteiger partial charge in [-0.25, -0.2) is 0 Å². The van der Waals surface area contributed by atoms with Gasteiger partial charge < -0.3 is 5.73 Å². The van der Waals surface area contributed by atoms with Crippen molar-refractivity contribution in [1.82, 2.24) is 4.98 Å². The number of fused-ring (bicyclic) bond motifs is 1. The van der Waals surface area contributed by atoms with E-state index in [0.29, 0.717) is 5.92 Å². The van der Waals surface area contributed by atoms with Gasteiger partial charge in [0.05, 0.1) is 5.52 Å². The van der Waals surface area contributed by atoms with Crippen LogP contribution >= 0.6 is 0 Å². The van der Waals surface area contributed by atoms with Crippen LogP contribution < -0.4 is 5.73 Å². The molecule has 1 heterocycles. The van der Waals surface area contributed by atoms with Gasteiger partial charge in [0.1, 0.15) is 0 Å². The third-order valence-corrected chi connectivity index (χ3v) is 3.63. The summed E-state index contributed by atoms with van der Waals surface area (Å²) in [7, 11) is 0. The van der Waals surface area contributed by atoms with Gasteiger partial charge in [0.15, 0.2) is 0 Å². The molecule has 0 aliphatic heterocycles. The van der Waals surface area contributed by atoms with Crippen molar-refractivity contribution in [2.24, 2.45) is 5.92 Å². The Morgan fingerprint density at radius 3 is 2.48 bits per heavy atom. The Balaban J connectivity index is 2.23. The number of pyridine rings is 1. The second-order valence-electron chi connectivity index (χ2n) is 5.87. The Hall–Kier alpha value is -2.35. The monoisotopic (exact) mass is 276 g/mol. The van der Waals surface area contributed by atoms with Crippen LogP contribution in [-0.2, 0) is 6.42 Å². The molecule has 3 rings (SSSR count). The number of nitrogen functional groups attached to an aromatic ring is 1. The van der Waals surface area contributed by atoms with Crippen LogP contribution in [0.2, 0.25) is 0 Å². The van der Waals surface area contributed by atoms with Gasteiger partial charge in [-0.05, 0) is 24.0 Å². The maximum absolute atomic E-state index is 6.24. The SMILES string of the molecule is CC(C)Cc1cc(N)c2cccc(-c3ccccc3)c2n1.